The Balaban J connectivity index is 1.40. The Morgan fingerprint density at radius 1 is 1.26 bits per heavy atom. The van der Waals surface area contributed by atoms with Crippen molar-refractivity contribution in [1.82, 2.24) is 24.3 Å². The van der Waals surface area contributed by atoms with Gasteiger partial charge >= 0.3 is 0 Å². The number of carbonyl (C=O) groups excluding carboxylic acids is 2. The van der Waals surface area contributed by atoms with Crippen LogP contribution >= 0.6 is 11.3 Å². The van der Waals surface area contributed by atoms with Gasteiger partial charge < -0.3 is 15.4 Å². The number of ether oxygens (including phenoxy) is 1. The number of nitrogen functional groups attached to an aromatic ring is 1. The van der Waals surface area contributed by atoms with E-state index in [0.29, 0.717) is 59.1 Å². The summed E-state index contributed by atoms with van der Waals surface area (Å²) < 4.78 is 7.98. The molecule has 196 valence electrons. The van der Waals surface area contributed by atoms with Crippen LogP contribution in [0.5, 0.6) is 5.75 Å². The number of anilines is 2. The quantitative estimate of drug-likeness (QED) is 0.380. The molecule has 1 aromatic carbocycles. The zero-order valence-corrected chi connectivity index (χ0v) is 22.1. The predicted molar refractivity (Wildman–Crippen MR) is 146 cm³/mol. The summed E-state index contributed by atoms with van der Waals surface area (Å²) in [5, 5.41) is 3.39. The van der Waals surface area contributed by atoms with Crippen molar-refractivity contribution >= 4 is 39.6 Å². The van der Waals surface area contributed by atoms with Crippen molar-refractivity contribution in [3.05, 3.63) is 53.1 Å². The number of nitrogens with two attached hydrogens (primary N) is 1. The molecule has 2 aliphatic heterocycles. The minimum Gasteiger partial charge on any atom is -0.493 e. The number of carbonyl (C=O) groups is 2. The van der Waals surface area contributed by atoms with E-state index < -0.39 is 0 Å². The maximum Gasteiger partial charge on any atom is 0.257 e. The molecule has 2 unspecified atom stereocenters. The molecule has 0 bridgehead atoms. The molecule has 6 rings (SSSR count). The van der Waals surface area contributed by atoms with Gasteiger partial charge in [0.25, 0.3) is 5.91 Å². The molecule has 38 heavy (non-hydrogen) atoms. The highest BCUT2D eigenvalue weighted by Crippen LogP contribution is 2.40. The Kier molecular flexibility index (Phi) is 6.22. The van der Waals surface area contributed by atoms with Gasteiger partial charge in [0.1, 0.15) is 28.6 Å². The fourth-order valence-electron chi connectivity index (χ4n) is 5.56. The number of nitrogens with zero attached hydrogens (tertiary/aromatic N) is 5. The van der Waals surface area contributed by atoms with Crippen LogP contribution in [0.1, 0.15) is 59.6 Å². The first kappa shape index (κ1) is 24.4. The van der Waals surface area contributed by atoms with Crippen LogP contribution < -0.4 is 15.8 Å². The van der Waals surface area contributed by atoms with Crippen molar-refractivity contribution in [3.8, 4) is 17.0 Å². The summed E-state index contributed by atoms with van der Waals surface area (Å²) >= 11 is 1.42. The van der Waals surface area contributed by atoms with Crippen LogP contribution in [0.2, 0.25) is 0 Å². The molecule has 0 radical (unpaired) electrons. The summed E-state index contributed by atoms with van der Waals surface area (Å²) in [5.74, 6) is 1.78. The van der Waals surface area contributed by atoms with E-state index in [1.807, 2.05) is 35.4 Å². The van der Waals surface area contributed by atoms with Gasteiger partial charge in [0.05, 0.1) is 6.61 Å². The number of piperidine rings is 1. The molecule has 2 aliphatic rings. The van der Waals surface area contributed by atoms with E-state index in [1.165, 1.54) is 11.3 Å². The van der Waals surface area contributed by atoms with Crippen LogP contribution in [-0.4, -0.2) is 55.3 Å². The van der Waals surface area contributed by atoms with Gasteiger partial charge in [0.15, 0.2) is 5.13 Å². The molecule has 10 nitrogen and oxygen atoms in total. The largest absolute Gasteiger partial charge is 0.493 e. The lowest BCUT2D eigenvalue weighted by Crippen LogP contribution is -2.41. The molecule has 0 spiro atoms. The van der Waals surface area contributed by atoms with Crippen LogP contribution in [0.15, 0.2) is 36.8 Å². The van der Waals surface area contributed by atoms with Gasteiger partial charge in [-0.15, -0.1) is 11.3 Å². The monoisotopic (exact) mass is 531 g/mol. The zero-order valence-electron chi connectivity index (χ0n) is 21.3. The number of imidazole rings is 1. The molecule has 0 aliphatic carbocycles. The van der Waals surface area contributed by atoms with E-state index in [4.69, 9.17) is 15.5 Å². The maximum atomic E-state index is 12.9. The number of thiazole rings is 1. The maximum absolute atomic E-state index is 12.9. The molecular weight excluding hydrogens is 502 g/mol. The lowest BCUT2D eigenvalue weighted by atomic mass is 9.92. The number of nitrogens with one attached hydrogen (secondary N) is 1. The van der Waals surface area contributed by atoms with E-state index in [1.54, 1.807) is 24.5 Å². The smallest absolute Gasteiger partial charge is 0.257 e. The predicted octanol–water partition coefficient (Wildman–Crippen LogP) is 4.26. The number of hydrogen-bond acceptors (Lipinski definition) is 8. The first-order chi connectivity index (χ1) is 18.4. The van der Waals surface area contributed by atoms with Gasteiger partial charge in [-0.05, 0) is 51.3 Å². The molecular formula is C27H29N7O3S. The average molecular weight is 532 g/mol. The van der Waals surface area contributed by atoms with Crippen molar-refractivity contribution in [2.45, 2.75) is 51.5 Å². The Labute approximate surface area is 223 Å². The second-order valence-electron chi connectivity index (χ2n) is 9.74. The molecule has 11 heteroatoms. The van der Waals surface area contributed by atoms with E-state index in [2.05, 4.69) is 15.3 Å². The number of aryl methyl sites for hydroxylation is 1. The van der Waals surface area contributed by atoms with Gasteiger partial charge in [-0.1, -0.05) is 0 Å². The molecule has 2 atom stereocenters. The Morgan fingerprint density at radius 3 is 2.92 bits per heavy atom. The molecule has 3 N–H and O–H groups in total. The topological polar surface area (TPSA) is 128 Å². The van der Waals surface area contributed by atoms with Gasteiger partial charge in [-0.25, -0.2) is 15.0 Å². The zero-order chi connectivity index (χ0) is 26.4. The lowest BCUT2D eigenvalue weighted by molar-refractivity contribution is -0.130. The van der Waals surface area contributed by atoms with Crippen LogP contribution in [-0.2, 0) is 4.79 Å². The van der Waals surface area contributed by atoms with Crippen molar-refractivity contribution in [1.29, 1.82) is 0 Å². The molecule has 3 aromatic heterocycles. The summed E-state index contributed by atoms with van der Waals surface area (Å²) in [6.07, 6.45) is 8.74. The van der Waals surface area contributed by atoms with Gasteiger partial charge in [-0.3, -0.25) is 19.3 Å². The molecule has 5 heterocycles. The summed E-state index contributed by atoms with van der Waals surface area (Å²) in [6.45, 7) is 4.90. The first-order valence-corrected chi connectivity index (χ1v) is 13.7. The number of benzene rings is 1. The highest BCUT2D eigenvalue weighted by Gasteiger charge is 2.38. The van der Waals surface area contributed by atoms with Crippen LogP contribution in [0, 0.1) is 6.92 Å². The molecule has 2 fully saturated rings. The lowest BCUT2D eigenvalue weighted by Gasteiger charge is -2.34. The molecule has 2 amide bonds. The number of aromatic nitrogens is 4. The van der Waals surface area contributed by atoms with E-state index in [9.17, 15) is 9.59 Å². The Hall–Kier alpha value is -3.99. The normalized spacial score (nSPS) is 19.1. The SMILES string of the molecule is CCOc1cc(C(=O)Nc2ncc(C)s2)ccc1-c1nc(C2CCC3CCC(=O)N3C2)n2ccnc(N)c12. The van der Waals surface area contributed by atoms with E-state index >= 15 is 0 Å². The van der Waals surface area contributed by atoms with E-state index in [-0.39, 0.29) is 17.7 Å². The third-order valence-corrected chi connectivity index (χ3v) is 8.16. The summed E-state index contributed by atoms with van der Waals surface area (Å²) in [5.41, 5.74) is 8.90. The third-order valence-electron chi connectivity index (χ3n) is 7.33. The Morgan fingerprint density at radius 2 is 2.13 bits per heavy atom. The van der Waals surface area contributed by atoms with Gasteiger partial charge in [-0.2, -0.15) is 0 Å². The number of hydrogen-bond donors (Lipinski definition) is 2. The number of amides is 2. The standard InChI is InChI=1S/C27H29N7O3S/c1-3-37-20-12-16(26(36)32-27-30-13-15(2)38-27)5-8-19(20)22-23-24(28)29-10-11-33(23)25(31-22)17-4-6-18-7-9-21(35)34(18)14-17/h5,8,10-13,17-18H,3-4,6-7,9,14H2,1-2H3,(H2,28,29)(H,30,32,36). The first-order valence-electron chi connectivity index (χ1n) is 12.9. The van der Waals surface area contributed by atoms with Crippen molar-refractivity contribution < 1.29 is 14.3 Å². The minimum atomic E-state index is -0.268. The highest BCUT2D eigenvalue weighted by molar-refractivity contribution is 7.15. The minimum absolute atomic E-state index is 0.0821. The molecule has 2 saturated heterocycles. The average Bonchev–Trinajstić information content (AvgIpc) is 3.61. The molecule has 0 saturated carbocycles. The number of fused-ring (bicyclic) bond motifs is 2. The molecule has 4 aromatic rings. The fraction of sp³-hybridized carbons (Fsp3) is 0.370. The fourth-order valence-corrected chi connectivity index (χ4v) is 6.22. The summed E-state index contributed by atoms with van der Waals surface area (Å²) in [4.78, 5) is 42.1. The summed E-state index contributed by atoms with van der Waals surface area (Å²) in [7, 11) is 0. The summed E-state index contributed by atoms with van der Waals surface area (Å²) in [6, 6.07) is 5.65. The third kappa shape index (κ3) is 4.26. The van der Waals surface area contributed by atoms with Crippen molar-refractivity contribution in [2.75, 3.05) is 24.2 Å². The number of rotatable bonds is 6. The van der Waals surface area contributed by atoms with Crippen molar-refractivity contribution in [2.24, 2.45) is 0 Å². The van der Waals surface area contributed by atoms with Crippen LogP contribution in [0.25, 0.3) is 16.8 Å². The highest BCUT2D eigenvalue weighted by atomic mass is 32.1. The van der Waals surface area contributed by atoms with E-state index in [0.717, 1.165) is 35.5 Å². The second-order valence-corrected chi connectivity index (χ2v) is 11.0. The van der Waals surface area contributed by atoms with Gasteiger partial charge in [0, 0.05) is 59.5 Å². The van der Waals surface area contributed by atoms with Crippen LogP contribution in [0.4, 0.5) is 10.9 Å². The van der Waals surface area contributed by atoms with Crippen LogP contribution in [0.3, 0.4) is 0 Å². The van der Waals surface area contributed by atoms with Gasteiger partial charge in [0.2, 0.25) is 5.91 Å². The second kappa shape index (κ2) is 9.71. The van der Waals surface area contributed by atoms with Crippen molar-refractivity contribution in [3.63, 3.8) is 0 Å². The Bertz CT molecular complexity index is 1540.